The molecule has 0 spiro atoms. The van der Waals surface area contributed by atoms with Crippen molar-refractivity contribution in [1.82, 2.24) is 9.88 Å². The van der Waals surface area contributed by atoms with Gasteiger partial charge in [0, 0.05) is 35.2 Å². The van der Waals surface area contributed by atoms with Crippen LogP contribution in [-0.4, -0.2) is 10.6 Å². The van der Waals surface area contributed by atoms with E-state index in [1.165, 1.54) is 16.6 Å². The zero-order chi connectivity index (χ0) is 11.7. The molecular weight excluding hydrogens is 264 g/mol. The monoisotopic (exact) mass is 280 g/mol. The van der Waals surface area contributed by atoms with Crippen LogP contribution in [0.2, 0.25) is 0 Å². The SMILES string of the molecule is CC(C)NCc1cc2cccc(Br)c2n1C. The minimum absolute atomic E-state index is 0.515. The summed E-state index contributed by atoms with van der Waals surface area (Å²) in [7, 11) is 2.12. The van der Waals surface area contributed by atoms with Gasteiger partial charge in [0.2, 0.25) is 0 Å². The van der Waals surface area contributed by atoms with Crippen molar-refractivity contribution in [3.63, 3.8) is 0 Å². The number of aromatic nitrogens is 1. The Balaban J connectivity index is 2.40. The van der Waals surface area contributed by atoms with E-state index in [1.54, 1.807) is 0 Å². The van der Waals surface area contributed by atoms with Crippen LogP contribution in [-0.2, 0) is 13.6 Å². The Labute approximate surface area is 105 Å². The van der Waals surface area contributed by atoms with Crippen molar-refractivity contribution < 1.29 is 0 Å². The normalized spacial score (nSPS) is 11.6. The third kappa shape index (κ3) is 2.15. The van der Waals surface area contributed by atoms with E-state index in [0.717, 1.165) is 11.0 Å². The van der Waals surface area contributed by atoms with Crippen LogP contribution >= 0.6 is 15.9 Å². The van der Waals surface area contributed by atoms with Gasteiger partial charge in [0.25, 0.3) is 0 Å². The average Bonchev–Trinajstić information content (AvgIpc) is 2.54. The van der Waals surface area contributed by atoms with Crippen LogP contribution in [0.15, 0.2) is 28.7 Å². The second kappa shape index (κ2) is 4.60. The number of aryl methyl sites for hydroxylation is 1. The predicted octanol–water partition coefficient (Wildman–Crippen LogP) is 3.44. The summed E-state index contributed by atoms with van der Waals surface area (Å²) in [4.78, 5) is 0. The van der Waals surface area contributed by atoms with Crippen molar-refractivity contribution in [1.29, 1.82) is 0 Å². The van der Waals surface area contributed by atoms with E-state index in [2.05, 4.69) is 71.0 Å². The lowest BCUT2D eigenvalue weighted by Gasteiger charge is -2.09. The maximum atomic E-state index is 3.60. The van der Waals surface area contributed by atoms with Crippen molar-refractivity contribution in [2.24, 2.45) is 7.05 Å². The highest BCUT2D eigenvalue weighted by atomic mass is 79.9. The lowest BCUT2D eigenvalue weighted by atomic mass is 10.2. The van der Waals surface area contributed by atoms with Crippen LogP contribution in [0.3, 0.4) is 0 Å². The van der Waals surface area contributed by atoms with Gasteiger partial charge in [-0.05, 0) is 28.1 Å². The summed E-state index contributed by atoms with van der Waals surface area (Å²) in [6.07, 6.45) is 0. The second-order valence-corrected chi connectivity index (χ2v) is 5.26. The number of nitrogens with one attached hydrogen (secondary N) is 1. The van der Waals surface area contributed by atoms with Crippen molar-refractivity contribution in [3.05, 3.63) is 34.4 Å². The van der Waals surface area contributed by atoms with Gasteiger partial charge in [0.05, 0.1) is 5.52 Å². The smallest absolute Gasteiger partial charge is 0.0624 e. The fourth-order valence-corrected chi connectivity index (χ4v) is 2.55. The van der Waals surface area contributed by atoms with Gasteiger partial charge in [-0.1, -0.05) is 26.0 Å². The molecule has 0 saturated carbocycles. The number of benzene rings is 1. The fraction of sp³-hybridized carbons (Fsp3) is 0.385. The molecule has 1 aromatic carbocycles. The Kier molecular flexibility index (Phi) is 3.36. The summed E-state index contributed by atoms with van der Waals surface area (Å²) in [6.45, 7) is 5.24. The fourth-order valence-electron chi connectivity index (χ4n) is 1.90. The van der Waals surface area contributed by atoms with Crippen LogP contribution in [0.1, 0.15) is 19.5 Å². The van der Waals surface area contributed by atoms with Crippen LogP contribution < -0.4 is 5.32 Å². The topological polar surface area (TPSA) is 17.0 Å². The number of para-hydroxylation sites is 1. The van der Waals surface area contributed by atoms with Gasteiger partial charge >= 0.3 is 0 Å². The molecule has 0 unspecified atom stereocenters. The molecule has 16 heavy (non-hydrogen) atoms. The molecule has 1 heterocycles. The number of nitrogens with zero attached hydrogens (tertiary/aromatic N) is 1. The van der Waals surface area contributed by atoms with Crippen molar-refractivity contribution in [2.75, 3.05) is 0 Å². The summed E-state index contributed by atoms with van der Waals surface area (Å²) < 4.78 is 3.40. The van der Waals surface area contributed by atoms with Crippen LogP contribution in [0.4, 0.5) is 0 Å². The zero-order valence-electron chi connectivity index (χ0n) is 9.92. The van der Waals surface area contributed by atoms with E-state index in [0.29, 0.717) is 6.04 Å². The lowest BCUT2D eigenvalue weighted by Crippen LogP contribution is -2.23. The molecule has 1 N–H and O–H groups in total. The molecule has 0 fully saturated rings. The van der Waals surface area contributed by atoms with Gasteiger partial charge in [0.15, 0.2) is 0 Å². The molecule has 2 rings (SSSR count). The second-order valence-electron chi connectivity index (χ2n) is 4.41. The molecule has 0 saturated heterocycles. The Bertz CT molecular complexity index is 500. The molecule has 3 heteroatoms. The van der Waals surface area contributed by atoms with E-state index in [1.807, 2.05) is 0 Å². The Morgan fingerprint density at radius 1 is 1.38 bits per heavy atom. The first kappa shape index (κ1) is 11.7. The Morgan fingerprint density at radius 2 is 2.12 bits per heavy atom. The van der Waals surface area contributed by atoms with E-state index in [-0.39, 0.29) is 0 Å². The van der Waals surface area contributed by atoms with Gasteiger partial charge in [-0.25, -0.2) is 0 Å². The predicted molar refractivity (Wildman–Crippen MR) is 72.6 cm³/mol. The maximum absolute atomic E-state index is 3.60. The molecule has 0 bridgehead atoms. The quantitative estimate of drug-likeness (QED) is 0.912. The highest BCUT2D eigenvalue weighted by Crippen LogP contribution is 2.26. The minimum Gasteiger partial charge on any atom is -0.346 e. The van der Waals surface area contributed by atoms with Gasteiger partial charge in [0.1, 0.15) is 0 Å². The largest absolute Gasteiger partial charge is 0.346 e. The highest BCUT2D eigenvalue weighted by molar-refractivity contribution is 9.10. The molecule has 0 aliphatic carbocycles. The highest BCUT2D eigenvalue weighted by Gasteiger charge is 2.08. The summed E-state index contributed by atoms with van der Waals surface area (Å²) >= 11 is 3.60. The minimum atomic E-state index is 0.515. The van der Waals surface area contributed by atoms with E-state index >= 15 is 0 Å². The first-order valence-electron chi connectivity index (χ1n) is 5.56. The van der Waals surface area contributed by atoms with Crippen LogP contribution in [0.5, 0.6) is 0 Å². The molecule has 2 nitrogen and oxygen atoms in total. The summed E-state index contributed by atoms with van der Waals surface area (Å²) in [6, 6.07) is 9.07. The van der Waals surface area contributed by atoms with E-state index in [4.69, 9.17) is 0 Å². The van der Waals surface area contributed by atoms with Gasteiger partial charge in [-0.2, -0.15) is 0 Å². The number of halogens is 1. The summed E-state index contributed by atoms with van der Waals surface area (Å²) in [5.74, 6) is 0. The number of rotatable bonds is 3. The molecule has 0 amide bonds. The van der Waals surface area contributed by atoms with Crippen molar-refractivity contribution in [2.45, 2.75) is 26.4 Å². The zero-order valence-corrected chi connectivity index (χ0v) is 11.5. The number of fused-ring (bicyclic) bond motifs is 1. The number of hydrogen-bond acceptors (Lipinski definition) is 1. The Hall–Kier alpha value is -0.800. The molecule has 2 aromatic rings. The van der Waals surface area contributed by atoms with Crippen LogP contribution in [0.25, 0.3) is 10.9 Å². The molecule has 0 atom stereocenters. The molecule has 0 aliphatic rings. The standard InChI is InChI=1S/C13H17BrN2/c1-9(2)15-8-11-7-10-5-4-6-12(14)13(10)16(11)3/h4-7,9,15H,8H2,1-3H3. The van der Waals surface area contributed by atoms with Gasteiger partial charge in [-0.3, -0.25) is 0 Å². The van der Waals surface area contributed by atoms with Crippen molar-refractivity contribution >= 4 is 26.8 Å². The molecule has 1 aromatic heterocycles. The van der Waals surface area contributed by atoms with Crippen molar-refractivity contribution in [3.8, 4) is 0 Å². The van der Waals surface area contributed by atoms with Gasteiger partial charge < -0.3 is 9.88 Å². The maximum Gasteiger partial charge on any atom is 0.0624 e. The summed E-state index contributed by atoms with van der Waals surface area (Å²) in [5.41, 5.74) is 2.58. The molecule has 0 radical (unpaired) electrons. The Morgan fingerprint density at radius 3 is 2.75 bits per heavy atom. The lowest BCUT2D eigenvalue weighted by molar-refractivity contribution is 0.572. The van der Waals surface area contributed by atoms with Crippen LogP contribution in [0, 0.1) is 0 Å². The van der Waals surface area contributed by atoms with E-state index in [9.17, 15) is 0 Å². The summed E-state index contributed by atoms with van der Waals surface area (Å²) in [5, 5.41) is 4.74. The third-order valence-corrected chi connectivity index (χ3v) is 3.44. The van der Waals surface area contributed by atoms with Gasteiger partial charge in [-0.15, -0.1) is 0 Å². The van der Waals surface area contributed by atoms with E-state index < -0.39 is 0 Å². The average molecular weight is 281 g/mol. The first-order valence-corrected chi connectivity index (χ1v) is 6.35. The molecule has 0 aliphatic heterocycles. The molecular formula is C13H17BrN2. The third-order valence-electron chi connectivity index (χ3n) is 2.80. The molecule has 86 valence electrons. The first-order chi connectivity index (χ1) is 7.59. The number of hydrogen-bond donors (Lipinski definition) is 1.